The van der Waals surface area contributed by atoms with E-state index in [0.717, 1.165) is 5.52 Å². The second-order valence-corrected chi connectivity index (χ2v) is 11.3. The third kappa shape index (κ3) is 3.58. The van der Waals surface area contributed by atoms with Crippen LogP contribution >= 0.6 is 0 Å². The Bertz CT molecular complexity index is 2450. The first-order valence-electron chi connectivity index (χ1n) is 14.9. The van der Waals surface area contributed by atoms with E-state index in [4.69, 9.17) is 0 Å². The molecule has 9 aromatic rings. The number of nitrogens with one attached hydrogen (secondary N) is 1. The molecule has 0 atom stereocenters. The van der Waals surface area contributed by atoms with E-state index in [9.17, 15) is 0 Å². The lowest BCUT2D eigenvalue weighted by atomic mass is 9.83. The van der Waals surface area contributed by atoms with Gasteiger partial charge in [0.05, 0.1) is 5.52 Å². The van der Waals surface area contributed by atoms with Gasteiger partial charge in [-0.05, 0) is 66.2 Å². The first-order chi connectivity index (χ1) is 21.4. The van der Waals surface area contributed by atoms with Crippen molar-refractivity contribution in [1.82, 2.24) is 4.98 Å². The van der Waals surface area contributed by atoms with Gasteiger partial charge < -0.3 is 4.98 Å². The normalized spacial score (nSPS) is 11.7. The van der Waals surface area contributed by atoms with E-state index in [2.05, 4.69) is 163 Å². The van der Waals surface area contributed by atoms with Crippen LogP contribution < -0.4 is 0 Å². The topological polar surface area (TPSA) is 15.8 Å². The Kier molecular flexibility index (Phi) is 5.27. The molecule has 0 bridgehead atoms. The molecular weight excluding hydrogens is 518 g/mol. The molecule has 1 heterocycles. The van der Waals surface area contributed by atoms with Gasteiger partial charge in [0.25, 0.3) is 0 Å². The molecule has 0 saturated heterocycles. The van der Waals surface area contributed by atoms with Crippen LogP contribution in [0.5, 0.6) is 0 Å². The summed E-state index contributed by atoms with van der Waals surface area (Å²) < 4.78 is 0. The summed E-state index contributed by atoms with van der Waals surface area (Å²) in [5.41, 5.74) is 9.72. The van der Waals surface area contributed by atoms with Crippen molar-refractivity contribution in [1.29, 1.82) is 0 Å². The summed E-state index contributed by atoms with van der Waals surface area (Å²) in [4.78, 5) is 3.77. The van der Waals surface area contributed by atoms with Gasteiger partial charge in [0, 0.05) is 21.9 Å². The first-order valence-corrected chi connectivity index (χ1v) is 14.9. The molecule has 0 aliphatic carbocycles. The molecule has 200 valence electrons. The molecule has 1 aromatic heterocycles. The SMILES string of the molecule is c1ccc(-c2cccc(-c3cccc4c3[nH]c3ccccc34)c2-c2cccc3c4ccccc4c4ccccc4c23)cc1. The fraction of sp³-hybridized carbons (Fsp3) is 0. The number of aromatic amines is 1. The zero-order valence-corrected chi connectivity index (χ0v) is 23.5. The van der Waals surface area contributed by atoms with Gasteiger partial charge in [-0.1, -0.05) is 152 Å². The van der Waals surface area contributed by atoms with Gasteiger partial charge in [-0.3, -0.25) is 0 Å². The van der Waals surface area contributed by atoms with Crippen molar-refractivity contribution in [2.75, 3.05) is 0 Å². The standard InChI is InChI=1S/C42H27N/c1-2-13-27(14-3-1)28-20-10-22-35(37-24-12-23-36-32-18-8-9-26-39(32)43-42(36)37)40(28)38-25-11-21-34-31-16-5-4-15-29(31)30-17-6-7-19-33(30)41(34)38/h1-26,43H. The monoisotopic (exact) mass is 545 g/mol. The van der Waals surface area contributed by atoms with Crippen LogP contribution in [0.1, 0.15) is 0 Å². The summed E-state index contributed by atoms with van der Waals surface area (Å²) in [6, 6.07) is 57.4. The molecule has 0 unspecified atom stereocenters. The molecule has 1 nitrogen and oxygen atoms in total. The lowest BCUT2D eigenvalue weighted by molar-refractivity contribution is 1.53. The molecule has 8 aromatic carbocycles. The molecule has 43 heavy (non-hydrogen) atoms. The third-order valence-corrected chi connectivity index (χ3v) is 9.02. The van der Waals surface area contributed by atoms with E-state index >= 15 is 0 Å². The van der Waals surface area contributed by atoms with Crippen molar-refractivity contribution in [2.45, 2.75) is 0 Å². The molecule has 0 aliphatic heterocycles. The third-order valence-electron chi connectivity index (χ3n) is 9.02. The molecule has 1 N–H and O–H groups in total. The van der Waals surface area contributed by atoms with Crippen molar-refractivity contribution in [3.05, 3.63) is 158 Å². The quantitative estimate of drug-likeness (QED) is 0.213. The number of H-pyrrole nitrogens is 1. The van der Waals surface area contributed by atoms with Crippen LogP contribution in [0.4, 0.5) is 0 Å². The number of rotatable bonds is 3. The predicted molar refractivity (Wildman–Crippen MR) is 185 cm³/mol. The highest BCUT2D eigenvalue weighted by Crippen LogP contribution is 2.47. The van der Waals surface area contributed by atoms with E-state index in [1.54, 1.807) is 0 Å². The summed E-state index contributed by atoms with van der Waals surface area (Å²) in [7, 11) is 0. The van der Waals surface area contributed by atoms with Crippen LogP contribution in [0, 0.1) is 0 Å². The van der Waals surface area contributed by atoms with Gasteiger partial charge in [0.15, 0.2) is 0 Å². The average Bonchev–Trinajstić information content (AvgIpc) is 3.47. The van der Waals surface area contributed by atoms with Gasteiger partial charge >= 0.3 is 0 Å². The van der Waals surface area contributed by atoms with Crippen LogP contribution in [-0.2, 0) is 0 Å². The number of para-hydroxylation sites is 2. The average molecular weight is 546 g/mol. The minimum atomic E-state index is 1.16. The molecule has 0 spiro atoms. The van der Waals surface area contributed by atoms with Crippen LogP contribution in [0.25, 0.3) is 87.5 Å². The van der Waals surface area contributed by atoms with E-state index in [-0.39, 0.29) is 0 Å². The van der Waals surface area contributed by atoms with E-state index in [1.807, 2.05) is 0 Å². The molecule has 0 radical (unpaired) electrons. The Hall–Kier alpha value is -5.66. The Balaban J connectivity index is 1.47. The number of benzene rings is 8. The lowest BCUT2D eigenvalue weighted by Gasteiger charge is -2.20. The van der Waals surface area contributed by atoms with Gasteiger partial charge in [0.1, 0.15) is 0 Å². The van der Waals surface area contributed by atoms with Crippen molar-refractivity contribution in [2.24, 2.45) is 0 Å². The first kappa shape index (κ1) is 24.0. The maximum Gasteiger partial charge on any atom is 0.0544 e. The Morgan fingerprint density at radius 3 is 1.53 bits per heavy atom. The van der Waals surface area contributed by atoms with Crippen LogP contribution in [0.3, 0.4) is 0 Å². The fourth-order valence-corrected chi connectivity index (χ4v) is 7.19. The van der Waals surface area contributed by atoms with Gasteiger partial charge in [-0.15, -0.1) is 0 Å². The highest BCUT2D eigenvalue weighted by Gasteiger charge is 2.20. The highest BCUT2D eigenvalue weighted by molar-refractivity contribution is 6.29. The zero-order chi connectivity index (χ0) is 28.3. The van der Waals surface area contributed by atoms with Crippen molar-refractivity contribution in [3.8, 4) is 33.4 Å². The maximum atomic E-state index is 3.77. The molecule has 0 aliphatic rings. The molecular formula is C42H27N. The summed E-state index contributed by atoms with van der Waals surface area (Å²) in [5.74, 6) is 0. The number of hydrogen-bond acceptors (Lipinski definition) is 0. The highest BCUT2D eigenvalue weighted by atomic mass is 14.7. The van der Waals surface area contributed by atoms with Crippen LogP contribution in [0.15, 0.2) is 158 Å². The minimum Gasteiger partial charge on any atom is -0.354 e. The van der Waals surface area contributed by atoms with Gasteiger partial charge in [-0.25, -0.2) is 0 Å². The van der Waals surface area contributed by atoms with E-state index in [1.165, 1.54) is 82.0 Å². The Morgan fingerprint density at radius 2 is 0.791 bits per heavy atom. The largest absolute Gasteiger partial charge is 0.354 e. The minimum absolute atomic E-state index is 1.16. The Morgan fingerprint density at radius 1 is 0.302 bits per heavy atom. The van der Waals surface area contributed by atoms with Gasteiger partial charge in [-0.2, -0.15) is 0 Å². The fourth-order valence-electron chi connectivity index (χ4n) is 7.19. The summed E-state index contributed by atoms with van der Waals surface area (Å²) in [6.45, 7) is 0. The van der Waals surface area contributed by atoms with Crippen LogP contribution in [0.2, 0.25) is 0 Å². The molecule has 0 amide bonds. The number of aromatic nitrogens is 1. The molecule has 1 heteroatoms. The lowest BCUT2D eigenvalue weighted by Crippen LogP contribution is -1.93. The van der Waals surface area contributed by atoms with E-state index < -0.39 is 0 Å². The maximum absolute atomic E-state index is 3.77. The second-order valence-electron chi connectivity index (χ2n) is 11.3. The number of hydrogen-bond donors (Lipinski definition) is 1. The zero-order valence-electron chi connectivity index (χ0n) is 23.5. The van der Waals surface area contributed by atoms with Gasteiger partial charge in [0.2, 0.25) is 0 Å². The summed E-state index contributed by atoms with van der Waals surface area (Å²) in [5, 5.41) is 10.2. The molecule has 0 saturated carbocycles. The van der Waals surface area contributed by atoms with E-state index in [0.29, 0.717) is 0 Å². The Labute approximate surface area is 249 Å². The van der Waals surface area contributed by atoms with Crippen LogP contribution in [-0.4, -0.2) is 4.98 Å². The summed E-state index contributed by atoms with van der Waals surface area (Å²) in [6.07, 6.45) is 0. The van der Waals surface area contributed by atoms with Crippen molar-refractivity contribution < 1.29 is 0 Å². The smallest absolute Gasteiger partial charge is 0.0544 e. The molecule has 9 rings (SSSR count). The second kappa shape index (κ2) is 9.44. The van der Waals surface area contributed by atoms with Crippen molar-refractivity contribution in [3.63, 3.8) is 0 Å². The molecule has 0 fully saturated rings. The van der Waals surface area contributed by atoms with Crippen molar-refractivity contribution >= 4 is 54.1 Å². The predicted octanol–water partition coefficient (Wildman–Crippen LogP) is 11.8. The summed E-state index contributed by atoms with van der Waals surface area (Å²) >= 11 is 0. The number of fused-ring (bicyclic) bond motifs is 9.